The van der Waals surface area contributed by atoms with Gasteiger partial charge in [0, 0.05) is 6.54 Å². The molecule has 0 spiro atoms. The maximum absolute atomic E-state index is 13.1. The predicted octanol–water partition coefficient (Wildman–Crippen LogP) is 1.16. The summed E-state index contributed by atoms with van der Waals surface area (Å²) in [6.45, 7) is 2.36. The lowest BCUT2D eigenvalue weighted by Crippen LogP contribution is -2.50. The highest BCUT2D eigenvalue weighted by Crippen LogP contribution is 2.47. The average Bonchev–Trinajstić information content (AvgIpc) is 3.04. The zero-order valence-corrected chi connectivity index (χ0v) is 18.4. The molecule has 0 aromatic heterocycles. The molecular weight excluding hydrogens is 420 g/mol. The first-order valence-corrected chi connectivity index (χ1v) is 9.80. The Hall–Kier alpha value is -3.82. The van der Waals surface area contributed by atoms with Crippen LogP contribution in [0.2, 0.25) is 0 Å². The van der Waals surface area contributed by atoms with Crippen LogP contribution in [0.3, 0.4) is 0 Å². The first-order valence-electron chi connectivity index (χ1n) is 9.80. The Balaban J connectivity index is 2.45. The molecule has 0 aliphatic carbocycles. The van der Waals surface area contributed by atoms with Crippen LogP contribution in [0.1, 0.15) is 6.92 Å². The third-order valence-electron chi connectivity index (χ3n) is 5.45. The molecule has 1 aromatic rings. The molecule has 0 fully saturated rings. The molecule has 1 aromatic carbocycles. The van der Waals surface area contributed by atoms with E-state index in [2.05, 4.69) is 0 Å². The lowest BCUT2D eigenvalue weighted by Gasteiger charge is -2.33. The molecule has 2 atom stereocenters. The highest BCUT2D eigenvalue weighted by Gasteiger charge is 2.52. The highest BCUT2D eigenvalue weighted by molar-refractivity contribution is 6.09. The van der Waals surface area contributed by atoms with Crippen molar-refractivity contribution in [2.45, 2.75) is 13.0 Å². The second kappa shape index (κ2) is 9.13. The number of hydrogen-bond acceptors (Lipinski definition) is 10. The summed E-state index contributed by atoms with van der Waals surface area (Å²) >= 11 is 0. The SMILES string of the molecule is CCN1C2=CC(C(=O)OC)=C(C(=O)OC)[C@@H](C(=O)OC)[C@@H](C(=O)OC)N2c2ccccc21. The number of para-hydroxylation sites is 2. The Morgan fingerprint density at radius 1 is 0.844 bits per heavy atom. The van der Waals surface area contributed by atoms with E-state index in [9.17, 15) is 19.2 Å². The van der Waals surface area contributed by atoms with Crippen LogP contribution in [0, 0.1) is 5.92 Å². The molecule has 2 aliphatic heterocycles. The minimum absolute atomic E-state index is 0.215. The van der Waals surface area contributed by atoms with E-state index in [4.69, 9.17) is 18.9 Å². The largest absolute Gasteiger partial charge is 0.468 e. The van der Waals surface area contributed by atoms with Crippen molar-refractivity contribution in [2.24, 2.45) is 5.92 Å². The summed E-state index contributed by atoms with van der Waals surface area (Å²) < 4.78 is 19.7. The van der Waals surface area contributed by atoms with Gasteiger partial charge in [-0.1, -0.05) is 12.1 Å². The van der Waals surface area contributed by atoms with E-state index in [1.54, 1.807) is 17.0 Å². The molecule has 0 bridgehead atoms. The van der Waals surface area contributed by atoms with Crippen LogP contribution < -0.4 is 9.80 Å². The molecule has 0 saturated carbocycles. The minimum atomic E-state index is -1.53. The molecule has 2 heterocycles. The fourth-order valence-electron chi connectivity index (χ4n) is 4.09. The monoisotopic (exact) mass is 444 g/mol. The van der Waals surface area contributed by atoms with Crippen LogP contribution in [0.5, 0.6) is 0 Å². The molecule has 0 N–H and O–H groups in total. The van der Waals surface area contributed by atoms with Crippen molar-refractivity contribution in [3.63, 3.8) is 0 Å². The van der Waals surface area contributed by atoms with Crippen molar-refractivity contribution in [1.29, 1.82) is 0 Å². The molecule has 10 heteroatoms. The number of anilines is 2. The Bertz CT molecular complexity index is 1030. The summed E-state index contributed by atoms with van der Waals surface area (Å²) in [7, 11) is 4.56. The first-order chi connectivity index (χ1) is 15.4. The molecular formula is C22H24N2O8. The van der Waals surface area contributed by atoms with Crippen LogP contribution >= 0.6 is 0 Å². The maximum Gasteiger partial charge on any atom is 0.338 e. The minimum Gasteiger partial charge on any atom is -0.468 e. The number of nitrogens with zero attached hydrogens (tertiary/aromatic N) is 2. The fourth-order valence-corrected chi connectivity index (χ4v) is 4.09. The van der Waals surface area contributed by atoms with Gasteiger partial charge in [0.2, 0.25) is 0 Å². The summed E-state index contributed by atoms with van der Waals surface area (Å²) in [5, 5.41) is 0. The number of benzene rings is 1. The van der Waals surface area contributed by atoms with Gasteiger partial charge in [-0.25, -0.2) is 14.4 Å². The first kappa shape index (κ1) is 22.9. The lowest BCUT2D eigenvalue weighted by atomic mass is 9.87. The summed E-state index contributed by atoms with van der Waals surface area (Å²) in [5.41, 5.74) is 0.786. The van der Waals surface area contributed by atoms with Crippen LogP contribution in [-0.4, -0.2) is 64.9 Å². The summed E-state index contributed by atoms with van der Waals surface area (Å²) in [4.78, 5) is 55.1. The van der Waals surface area contributed by atoms with E-state index in [0.29, 0.717) is 18.1 Å². The van der Waals surface area contributed by atoms with E-state index < -0.39 is 35.8 Å². The van der Waals surface area contributed by atoms with Crippen molar-refractivity contribution in [2.75, 3.05) is 44.8 Å². The Morgan fingerprint density at radius 3 is 1.97 bits per heavy atom. The van der Waals surface area contributed by atoms with Crippen molar-refractivity contribution < 1.29 is 38.1 Å². The number of carbonyl (C=O) groups is 4. The van der Waals surface area contributed by atoms with Gasteiger partial charge in [0.05, 0.1) is 51.0 Å². The summed E-state index contributed by atoms with van der Waals surface area (Å²) in [6.07, 6.45) is 1.42. The molecule has 2 aliphatic rings. The quantitative estimate of drug-likeness (QED) is 0.484. The van der Waals surface area contributed by atoms with E-state index in [1.807, 2.05) is 24.0 Å². The Morgan fingerprint density at radius 2 is 1.44 bits per heavy atom. The predicted molar refractivity (Wildman–Crippen MR) is 112 cm³/mol. The van der Waals surface area contributed by atoms with Gasteiger partial charge in [-0.15, -0.1) is 0 Å². The average molecular weight is 444 g/mol. The van der Waals surface area contributed by atoms with Gasteiger partial charge in [-0.2, -0.15) is 0 Å². The third-order valence-corrected chi connectivity index (χ3v) is 5.45. The van der Waals surface area contributed by atoms with Crippen molar-refractivity contribution in [3.8, 4) is 0 Å². The van der Waals surface area contributed by atoms with Crippen LogP contribution in [-0.2, 0) is 38.1 Å². The van der Waals surface area contributed by atoms with Crippen LogP contribution in [0.25, 0.3) is 0 Å². The van der Waals surface area contributed by atoms with E-state index >= 15 is 0 Å². The summed E-state index contributed by atoms with van der Waals surface area (Å²) in [5.74, 6) is -4.69. The molecule has 0 saturated heterocycles. The number of rotatable bonds is 5. The van der Waals surface area contributed by atoms with Gasteiger partial charge in [-0.3, -0.25) is 4.79 Å². The topological polar surface area (TPSA) is 112 Å². The Labute approximate surface area is 184 Å². The van der Waals surface area contributed by atoms with Gasteiger partial charge in [0.15, 0.2) is 6.04 Å². The van der Waals surface area contributed by atoms with Crippen LogP contribution in [0.15, 0.2) is 47.3 Å². The van der Waals surface area contributed by atoms with Crippen molar-refractivity contribution >= 4 is 35.3 Å². The fraction of sp³-hybridized carbons (Fsp3) is 0.364. The van der Waals surface area contributed by atoms with Crippen molar-refractivity contribution in [1.82, 2.24) is 0 Å². The normalized spacial score (nSPS) is 19.3. The number of hydrogen-bond donors (Lipinski definition) is 0. The molecule has 170 valence electrons. The van der Waals surface area contributed by atoms with Crippen molar-refractivity contribution in [3.05, 3.63) is 47.3 Å². The molecule has 10 nitrogen and oxygen atoms in total. The molecule has 0 unspecified atom stereocenters. The molecule has 32 heavy (non-hydrogen) atoms. The maximum atomic E-state index is 13.1. The van der Waals surface area contributed by atoms with Gasteiger partial charge in [-0.05, 0) is 25.1 Å². The Kier molecular flexibility index (Phi) is 6.52. The number of esters is 4. The number of carbonyl (C=O) groups excluding carboxylic acids is 4. The van der Waals surface area contributed by atoms with Gasteiger partial charge in [0.1, 0.15) is 11.7 Å². The zero-order valence-electron chi connectivity index (χ0n) is 18.4. The molecule has 3 rings (SSSR count). The lowest BCUT2D eigenvalue weighted by molar-refractivity contribution is -0.154. The molecule has 0 amide bonds. The number of methoxy groups -OCH3 is 4. The smallest absolute Gasteiger partial charge is 0.338 e. The number of ether oxygens (including phenoxy) is 4. The summed E-state index contributed by atoms with van der Waals surface area (Å²) in [6, 6.07) is 5.86. The van der Waals surface area contributed by atoms with Crippen LogP contribution in [0.4, 0.5) is 11.4 Å². The number of fused-ring (bicyclic) bond motifs is 3. The molecule has 0 radical (unpaired) electrons. The second-order valence-electron chi connectivity index (χ2n) is 6.88. The van der Waals surface area contributed by atoms with Gasteiger partial charge < -0.3 is 28.7 Å². The standard InChI is InChI=1S/C22H24N2O8/c1-6-23-13-9-7-8-10-14(13)24-15(23)11-12(19(25)29-2)16(20(26)30-3)17(21(27)31-4)18(24)22(28)32-5/h7-11,17-18H,6H2,1-5H3/t17-,18+/m1/s1. The second-order valence-corrected chi connectivity index (χ2v) is 6.88. The zero-order chi connectivity index (χ0) is 23.6. The van der Waals surface area contributed by atoms with E-state index in [0.717, 1.165) is 27.0 Å². The van der Waals surface area contributed by atoms with Gasteiger partial charge in [0.25, 0.3) is 0 Å². The third kappa shape index (κ3) is 3.47. The van der Waals surface area contributed by atoms with E-state index in [1.165, 1.54) is 13.2 Å². The van der Waals surface area contributed by atoms with E-state index in [-0.39, 0.29) is 11.1 Å². The highest BCUT2D eigenvalue weighted by atomic mass is 16.5. The van der Waals surface area contributed by atoms with Gasteiger partial charge >= 0.3 is 23.9 Å².